The lowest BCUT2D eigenvalue weighted by Gasteiger charge is -2.31. The molecule has 5 nitrogen and oxygen atoms in total. The van der Waals surface area contributed by atoms with E-state index in [-0.39, 0.29) is 11.6 Å². The maximum Gasteiger partial charge on any atom is 0.271 e. The standard InChI is InChI=1S/C29H24N2O3S/c1-33-20-10-7-8-18(16-20)17-25-28(32)31-27(22-12-5-6-13-24(22)34-2)23-15-14-19-9-3-4-11-21(19)26(23)30-29(31)35-25/h3-13,16-17,27H,14-15H2,1-2H3. The Morgan fingerprint density at radius 1 is 0.971 bits per heavy atom. The Bertz CT molecular complexity index is 1660. The molecule has 1 aromatic heterocycles. The topological polar surface area (TPSA) is 52.8 Å². The van der Waals surface area contributed by atoms with Crippen molar-refractivity contribution >= 4 is 23.1 Å². The molecule has 0 radical (unpaired) electrons. The SMILES string of the molecule is COc1cccc(C=c2sc3n(c2=O)C(c2ccccc2OC)C2=C(N=3)c3ccccc3CC2)c1. The summed E-state index contributed by atoms with van der Waals surface area (Å²) in [6.07, 6.45) is 3.69. The summed E-state index contributed by atoms with van der Waals surface area (Å²) in [6.45, 7) is 0. The van der Waals surface area contributed by atoms with Gasteiger partial charge >= 0.3 is 0 Å². The van der Waals surface area contributed by atoms with Crippen molar-refractivity contribution in [1.82, 2.24) is 4.57 Å². The first-order valence-corrected chi connectivity index (χ1v) is 12.4. The van der Waals surface area contributed by atoms with E-state index in [0.717, 1.165) is 52.3 Å². The van der Waals surface area contributed by atoms with E-state index < -0.39 is 0 Å². The Kier molecular flexibility index (Phi) is 5.38. The summed E-state index contributed by atoms with van der Waals surface area (Å²) in [5.41, 5.74) is 6.44. The highest BCUT2D eigenvalue weighted by molar-refractivity contribution is 7.07. The first kappa shape index (κ1) is 21.6. The van der Waals surface area contributed by atoms with Crippen LogP contribution in [0.15, 0.2) is 88.2 Å². The average molecular weight is 481 g/mol. The third kappa shape index (κ3) is 3.61. The van der Waals surface area contributed by atoms with Crippen LogP contribution in [0.2, 0.25) is 0 Å². The molecule has 4 aromatic rings. The minimum atomic E-state index is -0.266. The second-order valence-corrected chi connectivity index (χ2v) is 9.64. The van der Waals surface area contributed by atoms with Gasteiger partial charge in [0.05, 0.1) is 30.5 Å². The number of hydrogen-bond donors (Lipinski definition) is 0. The molecule has 0 N–H and O–H groups in total. The number of thiazole rings is 1. The van der Waals surface area contributed by atoms with Crippen molar-refractivity contribution in [3.63, 3.8) is 0 Å². The van der Waals surface area contributed by atoms with Gasteiger partial charge in [0.25, 0.3) is 5.56 Å². The lowest BCUT2D eigenvalue weighted by atomic mass is 9.83. The number of allylic oxidation sites excluding steroid dienone is 1. The van der Waals surface area contributed by atoms with E-state index in [1.54, 1.807) is 14.2 Å². The highest BCUT2D eigenvalue weighted by Gasteiger charge is 2.33. The third-order valence-electron chi connectivity index (χ3n) is 6.70. The molecule has 1 aliphatic heterocycles. The van der Waals surface area contributed by atoms with Gasteiger partial charge in [0.2, 0.25) is 0 Å². The molecule has 35 heavy (non-hydrogen) atoms. The molecule has 0 saturated heterocycles. The average Bonchev–Trinajstić information content (AvgIpc) is 3.21. The molecule has 2 aliphatic rings. The fourth-order valence-corrected chi connectivity index (χ4v) is 6.07. The van der Waals surface area contributed by atoms with Gasteiger partial charge in [-0.2, -0.15) is 0 Å². The molecule has 6 rings (SSSR count). The van der Waals surface area contributed by atoms with Crippen molar-refractivity contribution in [2.24, 2.45) is 4.99 Å². The normalized spacial score (nSPS) is 16.7. The highest BCUT2D eigenvalue weighted by Crippen LogP contribution is 2.43. The fraction of sp³-hybridized carbons (Fsp3) is 0.172. The predicted octanol–water partition coefficient (Wildman–Crippen LogP) is 4.34. The van der Waals surface area contributed by atoms with Crippen LogP contribution in [0.25, 0.3) is 11.8 Å². The van der Waals surface area contributed by atoms with E-state index in [2.05, 4.69) is 30.3 Å². The Hall–Kier alpha value is -3.90. The van der Waals surface area contributed by atoms with E-state index in [9.17, 15) is 4.79 Å². The van der Waals surface area contributed by atoms with Gasteiger partial charge in [-0.05, 0) is 53.8 Å². The quantitative estimate of drug-likeness (QED) is 0.437. The number of para-hydroxylation sites is 1. The number of aryl methyl sites for hydroxylation is 1. The Morgan fingerprint density at radius 2 is 1.80 bits per heavy atom. The molecular formula is C29H24N2O3S. The molecule has 1 aliphatic carbocycles. The van der Waals surface area contributed by atoms with E-state index in [4.69, 9.17) is 14.5 Å². The summed E-state index contributed by atoms with van der Waals surface area (Å²) in [5.74, 6) is 1.53. The molecule has 3 aromatic carbocycles. The lowest BCUT2D eigenvalue weighted by Crippen LogP contribution is -2.38. The first-order valence-electron chi connectivity index (χ1n) is 11.6. The Morgan fingerprint density at radius 3 is 2.66 bits per heavy atom. The number of hydrogen-bond acceptors (Lipinski definition) is 5. The number of fused-ring (bicyclic) bond motifs is 3. The van der Waals surface area contributed by atoms with Gasteiger partial charge in [0.15, 0.2) is 4.80 Å². The molecule has 1 atom stereocenters. The number of ether oxygens (including phenoxy) is 2. The summed E-state index contributed by atoms with van der Waals surface area (Å²) in [5, 5.41) is 0. The van der Waals surface area contributed by atoms with Gasteiger partial charge in [0.1, 0.15) is 11.5 Å². The first-order chi connectivity index (χ1) is 17.2. The Labute approximate surface area is 206 Å². The van der Waals surface area contributed by atoms with Gasteiger partial charge in [-0.3, -0.25) is 9.36 Å². The summed E-state index contributed by atoms with van der Waals surface area (Å²) < 4.78 is 13.6. The zero-order valence-corrected chi connectivity index (χ0v) is 20.3. The maximum atomic E-state index is 13.9. The molecule has 6 heteroatoms. The van der Waals surface area contributed by atoms with Crippen molar-refractivity contribution in [2.75, 3.05) is 14.2 Å². The minimum Gasteiger partial charge on any atom is -0.497 e. The molecular weight excluding hydrogens is 456 g/mol. The summed E-state index contributed by atoms with van der Waals surface area (Å²) in [7, 11) is 3.32. The van der Waals surface area contributed by atoms with Crippen molar-refractivity contribution in [2.45, 2.75) is 18.9 Å². The second-order valence-electron chi connectivity index (χ2n) is 8.63. The highest BCUT2D eigenvalue weighted by atomic mass is 32.1. The third-order valence-corrected chi connectivity index (χ3v) is 7.68. The number of nitrogens with zero attached hydrogens (tertiary/aromatic N) is 2. The van der Waals surface area contributed by atoms with Gasteiger partial charge in [-0.25, -0.2) is 4.99 Å². The predicted molar refractivity (Wildman–Crippen MR) is 139 cm³/mol. The van der Waals surface area contributed by atoms with E-state index in [0.29, 0.717) is 9.33 Å². The molecule has 0 spiro atoms. The number of rotatable bonds is 4. The smallest absolute Gasteiger partial charge is 0.271 e. The van der Waals surface area contributed by atoms with Crippen molar-refractivity contribution in [3.8, 4) is 11.5 Å². The van der Waals surface area contributed by atoms with Crippen LogP contribution in [0.1, 0.15) is 34.7 Å². The van der Waals surface area contributed by atoms with Crippen molar-refractivity contribution < 1.29 is 9.47 Å². The largest absolute Gasteiger partial charge is 0.497 e. The number of methoxy groups -OCH3 is 2. The Balaban J connectivity index is 1.63. The van der Waals surface area contributed by atoms with Gasteiger partial charge in [-0.1, -0.05) is 65.9 Å². The van der Waals surface area contributed by atoms with Crippen LogP contribution in [0.5, 0.6) is 11.5 Å². The molecule has 2 heterocycles. The van der Waals surface area contributed by atoms with Crippen LogP contribution < -0.4 is 24.4 Å². The summed E-state index contributed by atoms with van der Waals surface area (Å²) >= 11 is 1.42. The van der Waals surface area contributed by atoms with E-state index >= 15 is 0 Å². The fourth-order valence-electron chi connectivity index (χ4n) is 5.07. The monoisotopic (exact) mass is 480 g/mol. The van der Waals surface area contributed by atoms with Gasteiger partial charge < -0.3 is 9.47 Å². The number of aromatic nitrogens is 1. The molecule has 1 unspecified atom stereocenters. The van der Waals surface area contributed by atoms with Crippen LogP contribution in [-0.4, -0.2) is 18.8 Å². The minimum absolute atomic E-state index is 0.0436. The van der Waals surface area contributed by atoms with Crippen LogP contribution >= 0.6 is 11.3 Å². The lowest BCUT2D eigenvalue weighted by molar-refractivity contribution is 0.402. The second kappa shape index (κ2) is 8.71. The zero-order valence-electron chi connectivity index (χ0n) is 19.5. The van der Waals surface area contributed by atoms with Crippen LogP contribution in [0.3, 0.4) is 0 Å². The number of benzene rings is 3. The molecule has 0 amide bonds. The van der Waals surface area contributed by atoms with E-state index in [1.807, 2.05) is 53.1 Å². The summed E-state index contributed by atoms with van der Waals surface area (Å²) in [4.78, 5) is 19.6. The van der Waals surface area contributed by atoms with Crippen LogP contribution in [0.4, 0.5) is 0 Å². The van der Waals surface area contributed by atoms with Gasteiger partial charge in [-0.15, -0.1) is 0 Å². The maximum absolute atomic E-state index is 13.9. The zero-order chi connectivity index (χ0) is 23.9. The molecule has 0 saturated carbocycles. The van der Waals surface area contributed by atoms with Gasteiger partial charge in [0, 0.05) is 11.1 Å². The van der Waals surface area contributed by atoms with E-state index in [1.165, 1.54) is 16.9 Å². The summed E-state index contributed by atoms with van der Waals surface area (Å²) in [6, 6.07) is 23.9. The van der Waals surface area contributed by atoms with Crippen molar-refractivity contribution in [3.05, 3.63) is 120 Å². The molecule has 0 fully saturated rings. The van der Waals surface area contributed by atoms with Crippen LogP contribution in [-0.2, 0) is 6.42 Å². The molecule has 174 valence electrons. The molecule has 0 bridgehead atoms. The van der Waals surface area contributed by atoms with Crippen LogP contribution in [0, 0.1) is 0 Å². The van der Waals surface area contributed by atoms with Crippen molar-refractivity contribution in [1.29, 1.82) is 0 Å².